The molecule has 0 fully saturated rings. The Labute approximate surface area is 166 Å². The van der Waals surface area contributed by atoms with Crippen molar-refractivity contribution in [1.82, 2.24) is 9.78 Å². The summed E-state index contributed by atoms with van der Waals surface area (Å²) in [5.41, 5.74) is 2.26. The van der Waals surface area contributed by atoms with Crippen LogP contribution in [0.4, 0.5) is 8.78 Å². The molecular formula is C20H18F2N2O4S. The molecule has 3 aromatic rings. The molecule has 2 heterocycles. The molecule has 0 amide bonds. The maximum atomic E-state index is 13.4. The molecule has 0 radical (unpaired) electrons. The SMILES string of the molecule is CS(=O)(=O)c1ccc(-n2nc(C(F)F)cc2-c2ccc3c(c2)CCO3)cc1CO. The molecule has 29 heavy (non-hydrogen) atoms. The highest BCUT2D eigenvalue weighted by Crippen LogP contribution is 2.34. The van der Waals surface area contributed by atoms with Gasteiger partial charge in [-0.1, -0.05) is 0 Å². The topological polar surface area (TPSA) is 81.4 Å². The minimum Gasteiger partial charge on any atom is -0.493 e. The first kappa shape index (κ1) is 19.5. The summed E-state index contributed by atoms with van der Waals surface area (Å²) in [5, 5.41) is 13.6. The summed E-state index contributed by atoms with van der Waals surface area (Å²) in [5.74, 6) is 0.772. The standard InChI is InChI=1S/C20H18F2N2O4S/c1-29(26,27)19-5-3-15(9-14(19)11-25)24-17(10-16(23-24)20(21)22)12-2-4-18-13(8-12)6-7-28-18/h2-5,8-10,20,25H,6-7,11H2,1H3. The van der Waals surface area contributed by atoms with Gasteiger partial charge in [0.1, 0.15) is 11.4 Å². The average molecular weight is 420 g/mol. The van der Waals surface area contributed by atoms with Crippen LogP contribution in [0.2, 0.25) is 0 Å². The van der Waals surface area contributed by atoms with E-state index in [1.807, 2.05) is 6.07 Å². The molecule has 0 spiro atoms. The molecule has 0 unspecified atom stereocenters. The summed E-state index contributed by atoms with van der Waals surface area (Å²) in [4.78, 5) is -0.0128. The number of aliphatic hydroxyl groups is 1. The van der Waals surface area contributed by atoms with E-state index < -0.39 is 28.6 Å². The number of fused-ring (bicyclic) bond motifs is 1. The Morgan fingerprint density at radius 1 is 1.21 bits per heavy atom. The number of alkyl halides is 2. The normalized spacial score (nSPS) is 13.6. The Morgan fingerprint density at radius 2 is 2.00 bits per heavy atom. The second kappa shape index (κ2) is 7.23. The van der Waals surface area contributed by atoms with E-state index in [1.165, 1.54) is 28.9 Å². The first-order valence-electron chi connectivity index (χ1n) is 8.86. The van der Waals surface area contributed by atoms with Crippen LogP contribution < -0.4 is 4.74 Å². The molecule has 4 rings (SSSR count). The predicted octanol–water partition coefficient (Wildman–Crippen LogP) is 3.31. The van der Waals surface area contributed by atoms with Crippen LogP contribution in [0.25, 0.3) is 16.9 Å². The van der Waals surface area contributed by atoms with Crippen molar-refractivity contribution in [2.24, 2.45) is 0 Å². The van der Waals surface area contributed by atoms with Crippen LogP contribution >= 0.6 is 0 Å². The van der Waals surface area contributed by atoms with Gasteiger partial charge in [0.2, 0.25) is 0 Å². The van der Waals surface area contributed by atoms with E-state index in [4.69, 9.17) is 4.74 Å². The minimum atomic E-state index is -3.55. The molecule has 0 saturated heterocycles. The number of halogens is 2. The van der Waals surface area contributed by atoms with Crippen molar-refractivity contribution in [3.05, 3.63) is 59.3 Å². The quantitative estimate of drug-likeness (QED) is 0.685. The Kier molecular flexibility index (Phi) is 4.87. The Morgan fingerprint density at radius 3 is 2.69 bits per heavy atom. The largest absolute Gasteiger partial charge is 0.493 e. The number of hydrogen-bond donors (Lipinski definition) is 1. The number of aromatic nitrogens is 2. The van der Waals surface area contributed by atoms with Crippen molar-refractivity contribution >= 4 is 9.84 Å². The van der Waals surface area contributed by atoms with Crippen molar-refractivity contribution in [3.63, 3.8) is 0 Å². The van der Waals surface area contributed by atoms with Crippen LogP contribution in [0, 0.1) is 0 Å². The van der Waals surface area contributed by atoms with Gasteiger partial charge in [-0.3, -0.25) is 0 Å². The van der Waals surface area contributed by atoms with E-state index in [1.54, 1.807) is 12.1 Å². The first-order chi connectivity index (χ1) is 13.8. The molecule has 1 aliphatic heterocycles. The van der Waals surface area contributed by atoms with Gasteiger partial charge in [0.15, 0.2) is 9.84 Å². The van der Waals surface area contributed by atoms with E-state index in [0.29, 0.717) is 23.6 Å². The number of hydrogen-bond acceptors (Lipinski definition) is 5. The predicted molar refractivity (Wildman–Crippen MR) is 102 cm³/mol. The van der Waals surface area contributed by atoms with Gasteiger partial charge in [0, 0.05) is 18.2 Å². The third-order valence-electron chi connectivity index (χ3n) is 4.80. The fourth-order valence-corrected chi connectivity index (χ4v) is 4.35. The summed E-state index contributed by atoms with van der Waals surface area (Å²) in [6, 6.07) is 11.0. The molecule has 9 heteroatoms. The monoisotopic (exact) mass is 420 g/mol. The zero-order valence-electron chi connectivity index (χ0n) is 15.5. The number of sulfone groups is 1. The van der Waals surface area contributed by atoms with Crippen LogP contribution in [0.3, 0.4) is 0 Å². The Bertz CT molecular complexity index is 1190. The lowest BCUT2D eigenvalue weighted by molar-refractivity contribution is 0.145. The first-order valence-corrected chi connectivity index (χ1v) is 10.8. The second-order valence-electron chi connectivity index (χ2n) is 6.81. The van der Waals surface area contributed by atoms with Gasteiger partial charge < -0.3 is 9.84 Å². The molecule has 0 bridgehead atoms. The second-order valence-corrected chi connectivity index (χ2v) is 8.79. The number of ether oxygens (including phenoxy) is 1. The highest BCUT2D eigenvalue weighted by atomic mass is 32.2. The van der Waals surface area contributed by atoms with Gasteiger partial charge in [-0.15, -0.1) is 0 Å². The third kappa shape index (κ3) is 3.63. The lowest BCUT2D eigenvalue weighted by Crippen LogP contribution is -2.06. The average Bonchev–Trinajstić information content (AvgIpc) is 3.33. The van der Waals surface area contributed by atoms with Crippen LogP contribution in [-0.4, -0.2) is 36.2 Å². The fourth-order valence-electron chi connectivity index (χ4n) is 3.44. The van der Waals surface area contributed by atoms with E-state index in [-0.39, 0.29) is 10.5 Å². The molecule has 0 saturated carbocycles. The van der Waals surface area contributed by atoms with Crippen molar-refractivity contribution in [1.29, 1.82) is 0 Å². The molecule has 1 N–H and O–H groups in total. The summed E-state index contributed by atoms with van der Waals surface area (Å²) in [7, 11) is -3.55. The summed E-state index contributed by atoms with van der Waals surface area (Å²) < 4.78 is 57.4. The van der Waals surface area contributed by atoms with Crippen molar-refractivity contribution in [2.45, 2.75) is 24.3 Å². The molecular weight excluding hydrogens is 402 g/mol. The molecule has 152 valence electrons. The molecule has 0 atom stereocenters. The van der Waals surface area contributed by atoms with E-state index >= 15 is 0 Å². The third-order valence-corrected chi connectivity index (χ3v) is 5.99. The minimum absolute atomic E-state index is 0.0128. The molecule has 0 aliphatic carbocycles. The summed E-state index contributed by atoms with van der Waals surface area (Å²) in [6.45, 7) is 0.0673. The highest BCUT2D eigenvalue weighted by molar-refractivity contribution is 7.90. The molecule has 6 nitrogen and oxygen atoms in total. The zero-order valence-corrected chi connectivity index (χ0v) is 16.3. The lowest BCUT2D eigenvalue weighted by atomic mass is 10.1. The molecule has 2 aromatic carbocycles. The van der Waals surface area contributed by atoms with Crippen molar-refractivity contribution < 1.29 is 27.0 Å². The van der Waals surface area contributed by atoms with Crippen LogP contribution in [0.1, 0.15) is 23.2 Å². The summed E-state index contributed by atoms with van der Waals surface area (Å²) >= 11 is 0. The maximum absolute atomic E-state index is 13.4. The smallest absolute Gasteiger partial charge is 0.282 e. The molecule has 1 aliphatic rings. The van der Waals surface area contributed by atoms with Gasteiger partial charge in [-0.25, -0.2) is 21.9 Å². The maximum Gasteiger partial charge on any atom is 0.282 e. The Hall–Kier alpha value is -2.78. The van der Waals surface area contributed by atoms with Crippen LogP contribution in [-0.2, 0) is 22.9 Å². The summed E-state index contributed by atoms with van der Waals surface area (Å²) in [6.07, 6.45) is -0.987. The number of benzene rings is 2. The van der Waals surface area contributed by atoms with E-state index in [9.17, 15) is 22.3 Å². The van der Waals surface area contributed by atoms with Crippen molar-refractivity contribution in [3.8, 4) is 22.7 Å². The fraction of sp³-hybridized carbons (Fsp3) is 0.250. The number of aliphatic hydroxyl groups excluding tert-OH is 1. The van der Waals surface area contributed by atoms with Crippen molar-refractivity contribution in [2.75, 3.05) is 12.9 Å². The van der Waals surface area contributed by atoms with Gasteiger partial charge in [0.25, 0.3) is 6.43 Å². The Balaban J connectivity index is 1.88. The van der Waals surface area contributed by atoms with Gasteiger partial charge in [-0.2, -0.15) is 5.10 Å². The number of rotatable bonds is 5. The van der Waals surface area contributed by atoms with Crippen LogP contribution in [0.15, 0.2) is 47.4 Å². The van der Waals surface area contributed by atoms with Gasteiger partial charge in [-0.05, 0) is 53.6 Å². The van der Waals surface area contributed by atoms with E-state index in [0.717, 1.165) is 24.0 Å². The highest BCUT2D eigenvalue weighted by Gasteiger charge is 2.21. The number of nitrogens with zero attached hydrogens (tertiary/aromatic N) is 2. The van der Waals surface area contributed by atoms with Gasteiger partial charge >= 0.3 is 0 Å². The van der Waals surface area contributed by atoms with Gasteiger partial charge in [0.05, 0.1) is 29.5 Å². The zero-order chi connectivity index (χ0) is 20.8. The lowest BCUT2D eigenvalue weighted by Gasteiger charge is -2.12. The van der Waals surface area contributed by atoms with E-state index in [2.05, 4.69) is 5.10 Å². The molecule has 1 aromatic heterocycles. The van der Waals surface area contributed by atoms with Crippen LogP contribution in [0.5, 0.6) is 5.75 Å².